The summed E-state index contributed by atoms with van der Waals surface area (Å²) in [5, 5.41) is 0. The Morgan fingerprint density at radius 1 is 1.33 bits per heavy atom. The van der Waals surface area contributed by atoms with Crippen molar-refractivity contribution in [2.75, 3.05) is 14.2 Å². The van der Waals surface area contributed by atoms with Gasteiger partial charge in [-0.05, 0) is 17.8 Å². The normalized spacial score (nSPS) is 26.3. The van der Waals surface area contributed by atoms with Crippen LogP contribution in [0.15, 0.2) is 24.3 Å². The minimum atomic E-state index is -0.424. The van der Waals surface area contributed by atoms with Gasteiger partial charge < -0.3 is 9.47 Å². The largest absolute Gasteiger partial charge is 0.469 e. The monoisotopic (exact) mass is 252 g/mol. The first kappa shape index (κ1) is 14.5. The molecule has 1 fully saturated rings. The number of carbonyl (C=O) groups is 2. The first-order valence-electron chi connectivity index (χ1n) is 5.86. The average molecular weight is 252 g/mol. The van der Waals surface area contributed by atoms with Crippen LogP contribution in [0.25, 0.3) is 0 Å². The molecule has 0 bridgehead atoms. The molecule has 1 rings (SSSR count). The number of hydrogen-bond acceptors (Lipinski definition) is 4. The molecule has 100 valence electrons. The lowest BCUT2D eigenvalue weighted by atomic mass is 9.77. The Labute approximate surface area is 108 Å². The summed E-state index contributed by atoms with van der Waals surface area (Å²) in [5.74, 6) is -1.07. The SMILES string of the molecule is C=C1CC(C(=O)OC)C(/C=C/C(=O)OC)C1(C)C. The van der Waals surface area contributed by atoms with Crippen molar-refractivity contribution in [3.63, 3.8) is 0 Å². The molecule has 0 N–H and O–H groups in total. The molecule has 0 aromatic rings. The van der Waals surface area contributed by atoms with Crippen molar-refractivity contribution in [1.82, 2.24) is 0 Å². The molecular weight excluding hydrogens is 232 g/mol. The number of carbonyl (C=O) groups excluding carboxylic acids is 2. The van der Waals surface area contributed by atoms with E-state index in [4.69, 9.17) is 4.74 Å². The highest BCUT2D eigenvalue weighted by Crippen LogP contribution is 2.50. The van der Waals surface area contributed by atoms with Crippen LogP contribution < -0.4 is 0 Å². The quantitative estimate of drug-likeness (QED) is 0.438. The number of methoxy groups -OCH3 is 2. The van der Waals surface area contributed by atoms with Gasteiger partial charge in [0.25, 0.3) is 0 Å². The molecule has 0 saturated heterocycles. The Kier molecular flexibility index (Phi) is 4.33. The predicted molar refractivity (Wildman–Crippen MR) is 67.7 cm³/mol. The molecular formula is C14H20O4. The third kappa shape index (κ3) is 2.63. The third-order valence-electron chi connectivity index (χ3n) is 3.79. The molecule has 0 heterocycles. The number of hydrogen-bond donors (Lipinski definition) is 0. The number of ether oxygens (including phenoxy) is 2. The minimum absolute atomic E-state index is 0.100. The summed E-state index contributed by atoms with van der Waals surface area (Å²) in [7, 11) is 2.70. The molecule has 1 saturated carbocycles. The van der Waals surface area contributed by atoms with Crippen molar-refractivity contribution in [2.45, 2.75) is 20.3 Å². The van der Waals surface area contributed by atoms with Gasteiger partial charge in [-0.2, -0.15) is 0 Å². The smallest absolute Gasteiger partial charge is 0.330 e. The van der Waals surface area contributed by atoms with Gasteiger partial charge in [0, 0.05) is 6.08 Å². The summed E-state index contributed by atoms with van der Waals surface area (Å²) in [4.78, 5) is 22.9. The maximum atomic E-state index is 11.8. The second-order valence-electron chi connectivity index (χ2n) is 5.07. The molecule has 0 amide bonds. The zero-order valence-corrected chi connectivity index (χ0v) is 11.4. The summed E-state index contributed by atoms with van der Waals surface area (Å²) in [6.07, 6.45) is 3.68. The lowest BCUT2D eigenvalue weighted by Gasteiger charge is -2.27. The Balaban J connectivity index is 3.00. The summed E-state index contributed by atoms with van der Waals surface area (Å²) in [6, 6.07) is 0. The number of esters is 2. The van der Waals surface area contributed by atoms with Crippen LogP contribution in [0, 0.1) is 17.3 Å². The molecule has 0 aliphatic heterocycles. The minimum Gasteiger partial charge on any atom is -0.469 e. The van der Waals surface area contributed by atoms with Crippen LogP contribution in [-0.4, -0.2) is 26.2 Å². The van der Waals surface area contributed by atoms with Crippen molar-refractivity contribution >= 4 is 11.9 Å². The molecule has 1 aliphatic carbocycles. The Bertz CT molecular complexity index is 393. The Hall–Kier alpha value is -1.58. The fourth-order valence-electron chi connectivity index (χ4n) is 2.40. The van der Waals surface area contributed by atoms with E-state index in [1.165, 1.54) is 20.3 Å². The van der Waals surface area contributed by atoms with Gasteiger partial charge in [0.15, 0.2) is 0 Å². The van der Waals surface area contributed by atoms with E-state index >= 15 is 0 Å². The van der Waals surface area contributed by atoms with Crippen LogP contribution in [-0.2, 0) is 19.1 Å². The molecule has 0 aromatic heterocycles. The van der Waals surface area contributed by atoms with Gasteiger partial charge >= 0.3 is 11.9 Å². The fraction of sp³-hybridized carbons (Fsp3) is 0.571. The van der Waals surface area contributed by atoms with Crippen LogP contribution in [0.1, 0.15) is 20.3 Å². The van der Waals surface area contributed by atoms with Gasteiger partial charge in [-0.25, -0.2) is 4.79 Å². The number of allylic oxidation sites excluding steroid dienone is 2. The van der Waals surface area contributed by atoms with E-state index < -0.39 is 5.97 Å². The molecule has 4 nitrogen and oxygen atoms in total. The predicted octanol–water partition coefficient (Wildman–Crippen LogP) is 2.11. The summed E-state index contributed by atoms with van der Waals surface area (Å²) in [5.41, 5.74) is 0.765. The van der Waals surface area contributed by atoms with E-state index in [1.807, 2.05) is 13.8 Å². The maximum absolute atomic E-state index is 11.8. The van der Waals surface area contributed by atoms with E-state index in [0.717, 1.165) is 5.57 Å². The van der Waals surface area contributed by atoms with Crippen LogP contribution in [0.5, 0.6) is 0 Å². The third-order valence-corrected chi connectivity index (χ3v) is 3.79. The summed E-state index contributed by atoms with van der Waals surface area (Å²) < 4.78 is 9.37. The second kappa shape index (κ2) is 5.38. The van der Waals surface area contributed by atoms with Crippen LogP contribution in [0.2, 0.25) is 0 Å². The maximum Gasteiger partial charge on any atom is 0.330 e. The van der Waals surface area contributed by atoms with Crippen molar-refractivity contribution in [2.24, 2.45) is 17.3 Å². The highest BCUT2D eigenvalue weighted by molar-refractivity contribution is 5.82. The molecule has 1 aliphatic rings. The summed E-state index contributed by atoms with van der Waals surface area (Å²) in [6.45, 7) is 8.05. The zero-order chi connectivity index (χ0) is 13.9. The molecule has 18 heavy (non-hydrogen) atoms. The van der Waals surface area contributed by atoms with Crippen molar-refractivity contribution in [3.05, 3.63) is 24.3 Å². The van der Waals surface area contributed by atoms with Gasteiger partial charge in [0.2, 0.25) is 0 Å². The molecule has 2 atom stereocenters. The van der Waals surface area contributed by atoms with E-state index in [1.54, 1.807) is 6.08 Å². The van der Waals surface area contributed by atoms with E-state index in [2.05, 4.69) is 11.3 Å². The topological polar surface area (TPSA) is 52.6 Å². The first-order chi connectivity index (χ1) is 8.34. The Morgan fingerprint density at radius 3 is 2.44 bits per heavy atom. The lowest BCUT2D eigenvalue weighted by molar-refractivity contribution is -0.146. The van der Waals surface area contributed by atoms with Crippen molar-refractivity contribution in [1.29, 1.82) is 0 Å². The van der Waals surface area contributed by atoms with E-state index in [-0.39, 0.29) is 23.2 Å². The van der Waals surface area contributed by atoms with Gasteiger partial charge in [-0.3, -0.25) is 4.79 Å². The van der Waals surface area contributed by atoms with Crippen molar-refractivity contribution in [3.8, 4) is 0 Å². The standard InChI is InChI=1S/C14H20O4/c1-9-8-10(13(16)18-5)11(14(9,2)3)6-7-12(15)17-4/h6-7,10-11H,1,8H2,2-5H3/b7-6+. The molecule has 4 heteroatoms. The molecule has 0 radical (unpaired) electrons. The van der Waals surface area contributed by atoms with Gasteiger partial charge in [0.05, 0.1) is 20.1 Å². The molecule has 2 unspecified atom stereocenters. The van der Waals surface area contributed by atoms with Gasteiger partial charge in [0.1, 0.15) is 0 Å². The Morgan fingerprint density at radius 2 is 1.94 bits per heavy atom. The molecule has 0 aromatic carbocycles. The highest BCUT2D eigenvalue weighted by Gasteiger charge is 2.46. The van der Waals surface area contributed by atoms with Crippen LogP contribution in [0.4, 0.5) is 0 Å². The lowest BCUT2D eigenvalue weighted by Crippen LogP contribution is -2.26. The summed E-state index contributed by atoms with van der Waals surface area (Å²) >= 11 is 0. The first-order valence-corrected chi connectivity index (χ1v) is 5.86. The average Bonchev–Trinajstić information content (AvgIpc) is 2.57. The van der Waals surface area contributed by atoms with Crippen molar-refractivity contribution < 1.29 is 19.1 Å². The molecule has 0 spiro atoms. The second-order valence-corrected chi connectivity index (χ2v) is 5.07. The van der Waals surface area contributed by atoms with Crippen LogP contribution >= 0.6 is 0 Å². The highest BCUT2D eigenvalue weighted by atomic mass is 16.5. The van der Waals surface area contributed by atoms with Crippen LogP contribution in [0.3, 0.4) is 0 Å². The fourth-order valence-corrected chi connectivity index (χ4v) is 2.40. The number of rotatable bonds is 3. The zero-order valence-electron chi connectivity index (χ0n) is 11.4. The van der Waals surface area contributed by atoms with Gasteiger partial charge in [-0.15, -0.1) is 0 Å². The van der Waals surface area contributed by atoms with E-state index in [9.17, 15) is 9.59 Å². The van der Waals surface area contributed by atoms with E-state index in [0.29, 0.717) is 6.42 Å². The van der Waals surface area contributed by atoms with Gasteiger partial charge in [-0.1, -0.05) is 32.1 Å².